The minimum absolute atomic E-state index is 0.00644. The first-order valence-electron chi connectivity index (χ1n) is 7.75. The molecule has 5 nitrogen and oxygen atoms in total. The summed E-state index contributed by atoms with van der Waals surface area (Å²) in [5, 5.41) is 9.00. The fraction of sp³-hybridized carbons (Fsp3) is 0.867. The van der Waals surface area contributed by atoms with Crippen molar-refractivity contribution in [3.8, 4) is 0 Å². The highest BCUT2D eigenvalue weighted by molar-refractivity contribution is 5.79. The fourth-order valence-electron chi connectivity index (χ4n) is 3.25. The smallest absolute Gasteiger partial charge is 0.306 e. The van der Waals surface area contributed by atoms with Crippen LogP contribution in [0.5, 0.6) is 0 Å². The Bertz CT molecular complexity index is 344. The van der Waals surface area contributed by atoms with Crippen molar-refractivity contribution in [3.63, 3.8) is 0 Å². The number of ether oxygens (including phenoxy) is 1. The first kappa shape index (κ1) is 15.3. The summed E-state index contributed by atoms with van der Waals surface area (Å²) in [7, 11) is 0. The van der Waals surface area contributed by atoms with Gasteiger partial charge in [-0.05, 0) is 45.4 Å². The summed E-state index contributed by atoms with van der Waals surface area (Å²) in [5.74, 6) is -0.784. The first-order valence-corrected chi connectivity index (χ1v) is 7.75. The Kier molecular flexibility index (Phi) is 5.40. The van der Waals surface area contributed by atoms with Crippen LogP contribution < -0.4 is 0 Å². The summed E-state index contributed by atoms with van der Waals surface area (Å²) in [4.78, 5) is 25.3. The highest BCUT2D eigenvalue weighted by Gasteiger charge is 2.32. The van der Waals surface area contributed by atoms with Crippen LogP contribution in [0.2, 0.25) is 0 Å². The molecule has 1 aliphatic heterocycles. The van der Waals surface area contributed by atoms with E-state index < -0.39 is 5.97 Å². The Hall–Kier alpha value is -1.10. The van der Waals surface area contributed by atoms with E-state index in [1.807, 2.05) is 11.8 Å². The predicted octanol–water partition coefficient (Wildman–Crippen LogP) is 1.90. The van der Waals surface area contributed by atoms with E-state index in [0.29, 0.717) is 38.8 Å². The number of carboxylic acids is 1. The minimum atomic E-state index is -0.720. The van der Waals surface area contributed by atoms with Crippen molar-refractivity contribution >= 4 is 11.9 Å². The zero-order chi connectivity index (χ0) is 14.5. The molecule has 0 aromatic rings. The van der Waals surface area contributed by atoms with E-state index in [1.165, 1.54) is 0 Å². The van der Waals surface area contributed by atoms with Gasteiger partial charge in [0.25, 0.3) is 0 Å². The number of carbonyl (C=O) groups is 2. The van der Waals surface area contributed by atoms with Crippen molar-refractivity contribution in [1.82, 2.24) is 4.90 Å². The number of rotatable bonds is 5. The molecule has 5 heteroatoms. The number of amides is 1. The maximum Gasteiger partial charge on any atom is 0.306 e. The Morgan fingerprint density at radius 3 is 2.30 bits per heavy atom. The van der Waals surface area contributed by atoms with Crippen LogP contribution in [0.25, 0.3) is 0 Å². The van der Waals surface area contributed by atoms with Gasteiger partial charge in [0, 0.05) is 25.6 Å². The lowest BCUT2D eigenvalue weighted by atomic mass is 9.81. The van der Waals surface area contributed by atoms with Crippen molar-refractivity contribution in [2.24, 2.45) is 11.8 Å². The molecule has 0 aromatic carbocycles. The lowest BCUT2D eigenvalue weighted by Gasteiger charge is -2.31. The molecule has 1 amide bonds. The molecule has 0 radical (unpaired) electrons. The van der Waals surface area contributed by atoms with Gasteiger partial charge in [-0.25, -0.2) is 0 Å². The summed E-state index contributed by atoms with van der Waals surface area (Å²) >= 11 is 0. The van der Waals surface area contributed by atoms with E-state index in [1.54, 1.807) is 0 Å². The Labute approximate surface area is 120 Å². The van der Waals surface area contributed by atoms with Gasteiger partial charge in [0.05, 0.1) is 12.0 Å². The summed E-state index contributed by atoms with van der Waals surface area (Å²) in [6.45, 7) is 4.20. The maximum atomic E-state index is 12.5. The second-order valence-corrected chi connectivity index (χ2v) is 5.90. The molecule has 2 rings (SSSR count). The van der Waals surface area contributed by atoms with Crippen LogP contribution in [-0.2, 0) is 14.3 Å². The van der Waals surface area contributed by atoms with Gasteiger partial charge >= 0.3 is 5.97 Å². The molecular formula is C15H25NO4. The number of carbonyl (C=O) groups excluding carboxylic acids is 1. The van der Waals surface area contributed by atoms with Gasteiger partial charge in [0.1, 0.15) is 0 Å². The summed E-state index contributed by atoms with van der Waals surface area (Å²) in [6.07, 6.45) is 4.98. The van der Waals surface area contributed by atoms with E-state index in [2.05, 4.69) is 0 Å². The number of likely N-dealkylation sites (N-methyl/N-ethyl adjacent to an activating group) is 1. The van der Waals surface area contributed by atoms with Gasteiger partial charge in [-0.3, -0.25) is 9.59 Å². The molecule has 2 fully saturated rings. The number of hydrogen-bond acceptors (Lipinski definition) is 3. The third-order valence-electron chi connectivity index (χ3n) is 4.57. The lowest BCUT2D eigenvalue weighted by molar-refractivity contribution is -0.146. The number of carboxylic acid groups (broad SMARTS) is 1. The van der Waals surface area contributed by atoms with E-state index in [0.717, 1.165) is 19.4 Å². The Morgan fingerprint density at radius 2 is 1.80 bits per heavy atom. The molecule has 0 aromatic heterocycles. The van der Waals surface area contributed by atoms with Crippen molar-refractivity contribution in [3.05, 3.63) is 0 Å². The normalized spacial score (nSPS) is 30.1. The third kappa shape index (κ3) is 3.72. The van der Waals surface area contributed by atoms with Crippen molar-refractivity contribution in [2.75, 3.05) is 19.7 Å². The van der Waals surface area contributed by atoms with E-state index in [-0.39, 0.29) is 23.8 Å². The van der Waals surface area contributed by atoms with Crippen LogP contribution in [0.4, 0.5) is 0 Å². The fourth-order valence-corrected chi connectivity index (χ4v) is 3.25. The largest absolute Gasteiger partial charge is 0.481 e. The van der Waals surface area contributed by atoms with Crippen molar-refractivity contribution in [1.29, 1.82) is 0 Å². The third-order valence-corrected chi connectivity index (χ3v) is 4.57. The van der Waals surface area contributed by atoms with Crippen LogP contribution in [0.1, 0.15) is 45.4 Å². The molecule has 1 saturated carbocycles. The van der Waals surface area contributed by atoms with Gasteiger partial charge in [-0.2, -0.15) is 0 Å². The molecule has 1 heterocycles. The van der Waals surface area contributed by atoms with E-state index in [9.17, 15) is 9.59 Å². The average Bonchev–Trinajstić information content (AvgIpc) is 2.97. The molecule has 1 atom stereocenters. The second-order valence-electron chi connectivity index (χ2n) is 5.90. The van der Waals surface area contributed by atoms with Gasteiger partial charge in [-0.1, -0.05) is 0 Å². The summed E-state index contributed by atoms with van der Waals surface area (Å²) in [5.41, 5.74) is 0. The summed E-state index contributed by atoms with van der Waals surface area (Å²) < 4.78 is 5.60. The summed E-state index contributed by atoms with van der Waals surface area (Å²) in [6, 6.07) is 0. The maximum absolute atomic E-state index is 12.5. The van der Waals surface area contributed by atoms with Gasteiger partial charge < -0.3 is 14.7 Å². The average molecular weight is 283 g/mol. The van der Waals surface area contributed by atoms with Gasteiger partial charge in [-0.15, -0.1) is 0 Å². The molecule has 1 N–H and O–H groups in total. The molecule has 1 aliphatic carbocycles. The number of nitrogens with zero attached hydrogens (tertiary/aromatic N) is 1. The van der Waals surface area contributed by atoms with Crippen LogP contribution in [-0.4, -0.2) is 47.7 Å². The number of aliphatic carboxylic acids is 1. The van der Waals surface area contributed by atoms with Crippen LogP contribution >= 0.6 is 0 Å². The van der Waals surface area contributed by atoms with Crippen molar-refractivity contribution in [2.45, 2.75) is 51.6 Å². The molecule has 0 bridgehead atoms. The molecule has 114 valence electrons. The molecule has 1 unspecified atom stereocenters. The molecular weight excluding hydrogens is 258 g/mol. The van der Waals surface area contributed by atoms with Crippen LogP contribution in [0.15, 0.2) is 0 Å². The van der Waals surface area contributed by atoms with Crippen molar-refractivity contribution < 1.29 is 19.4 Å². The number of hydrogen-bond donors (Lipinski definition) is 1. The van der Waals surface area contributed by atoms with Gasteiger partial charge in [0.15, 0.2) is 0 Å². The molecule has 20 heavy (non-hydrogen) atoms. The zero-order valence-electron chi connectivity index (χ0n) is 12.2. The monoisotopic (exact) mass is 283 g/mol. The lowest BCUT2D eigenvalue weighted by Crippen LogP contribution is -2.42. The highest BCUT2D eigenvalue weighted by atomic mass is 16.5. The standard InChI is InChI=1S/C15H25NO4/c1-2-16(10-13-4-3-9-20-13)14(17)11-5-7-12(8-6-11)15(18)19/h11-13H,2-10H2,1H3,(H,18,19). The minimum Gasteiger partial charge on any atom is -0.481 e. The topological polar surface area (TPSA) is 66.8 Å². The highest BCUT2D eigenvalue weighted by Crippen LogP contribution is 2.30. The Morgan fingerprint density at radius 1 is 1.15 bits per heavy atom. The zero-order valence-corrected chi connectivity index (χ0v) is 12.2. The first-order chi connectivity index (χ1) is 9.61. The molecule has 1 saturated heterocycles. The van der Waals surface area contributed by atoms with Gasteiger partial charge in [0.2, 0.25) is 5.91 Å². The second kappa shape index (κ2) is 7.07. The van der Waals surface area contributed by atoms with Crippen LogP contribution in [0, 0.1) is 11.8 Å². The van der Waals surface area contributed by atoms with E-state index >= 15 is 0 Å². The molecule has 0 spiro atoms. The Balaban J connectivity index is 1.84. The predicted molar refractivity (Wildman–Crippen MR) is 74.3 cm³/mol. The SMILES string of the molecule is CCN(CC1CCCO1)C(=O)C1CCC(C(=O)O)CC1. The van der Waals surface area contributed by atoms with E-state index in [4.69, 9.17) is 9.84 Å². The van der Waals surface area contributed by atoms with Crippen LogP contribution in [0.3, 0.4) is 0 Å². The quantitative estimate of drug-likeness (QED) is 0.837. The molecule has 2 aliphatic rings.